The predicted octanol–water partition coefficient (Wildman–Crippen LogP) is 2.81. The van der Waals surface area contributed by atoms with Crippen molar-refractivity contribution in [3.63, 3.8) is 0 Å². The first kappa shape index (κ1) is 15.3. The monoisotopic (exact) mass is 329 g/mol. The van der Waals surface area contributed by atoms with Crippen molar-refractivity contribution in [2.24, 2.45) is 0 Å². The molecule has 0 aliphatic carbocycles. The highest BCUT2D eigenvalue weighted by Gasteiger charge is 2.19. The highest BCUT2D eigenvalue weighted by Crippen LogP contribution is 2.23. The molecule has 0 saturated carbocycles. The molecule has 0 spiro atoms. The summed E-state index contributed by atoms with van der Waals surface area (Å²) in [5, 5.41) is 0.552. The third-order valence-electron chi connectivity index (χ3n) is 3.59. The zero-order chi connectivity index (χ0) is 16.4. The van der Waals surface area contributed by atoms with Gasteiger partial charge in [0.2, 0.25) is 10.0 Å². The molecule has 0 aliphatic rings. The number of carbonyl (C=O) groups is 1. The van der Waals surface area contributed by atoms with Crippen molar-refractivity contribution >= 4 is 26.9 Å². The van der Waals surface area contributed by atoms with Gasteiger partial charge in [-0.25, -0.2) is 17.2 Å². The van der Waals surface area contributed by atoms with Gasteiger partial charge in [-0.3, -0.25) is 0 Å². The van der Waals surface area contributed by atoms with Crippen LogP contribution >= 0.6 is 0 Å². The zero-order valence-electron chi connectivity index (χ0n) is 12.5. The molecule has 1 heterocycles. The number of hydrogen-bond donors (Lipinski definition) is 0. The molecule has 2 aromatic carbocycles. The summed E-state index contributed by atoms with van der Waals surface area (Å²) in [4.78, 5) is 11.8. The molecule has 0 atom stereocenters. The van der Waals surface area contributed by atoms with E-state index in [1.165, 1.54) is 17.3 Å². The summed E-state index contributed by atoms with van der Waals surface area (Å²) in [7, 11) is -2.29. The average molecular weight is 329 g/mol. The molecule has 3 rings (SSSR count). The fourth-order valence-electron chi connectivity index (χ4n) is 2.53. The van der Waals surface area contributed by atoms with Gasteiger partial charge in [-0.15, -0.1) is 0 Å². The average Bonchev–Trinajstić information content (AvgIpc) is 2.99. The third-order valence-corrected chi connectivity index (χ3v) is 5.21. The van der Waals surface area contributed by atoms with Crippen LogP contribution in [0.3, 0.4) is 0 Å². The number of benzene rings is 2. The van der Waals surface area contributed by atoms with Crippen molar-refractivity contribution in [3.05, 3.63) is 71.9 Å². The van der Waals surface area contributed by atoms with Gasteiger partial charge in [0.1, 0.15) is 0 Å². The number of hydrogen-bond acceptors (Lipinski definition) is 4. The zero-order valence-corrected chi connectivity index (χ0v) is 13.3. The standard InChI is InChI=1S/C17H15NO4S/c1-22-17(19)15-8-5-9-16-14(15)10-11-18(16)23(20,21)12-13-6-3-2-4-7-13/h2-11H,12H2,1H3. The van der Waals surface area contributed by atoms with Crippen molar-refractivity contribution in [2.45, 2.75) is 5.75 Å². The van der Waals surface area contributed by atoms with Crippen LogP contribution in [0.1, 0.15) is 15.9 Å². The van der Waals surface area contributed by atoms with Crippen LogP contribution in [-0.4, -0.2) is 25.5 Å². The molecule has 5 nitrogen and oxygen atoms in total. The largest absolute Gasteiger partial charge is 0.465 e. The third kappa shape index (κ3) is 2.85. The van der Waals surface area contributed by atoms with E-state index in [1.807, 2.05) is 6.07 Å². The van der Waals surface area contributed by atoms with E-state index in [4.69, 9.17) is 4.74 Å². The maximum atomic E-state index is 12.7. The van der Waals surface area contributed by atoms with Crippen molar-refractivity contribution in [1.29, 1.82) is 0 Å². The fraction of sp³-hybridized carbons (Fsp3) is 0.118. The molecular weight excluding hydrogens is 314 g/mol. The summed E-state index contributed by atoms with van der Waals surface area (Å²) in [5.41, 5.74) is 1.51. The summed E-state index contributed by atoms with van der Waals surface area (Å²) in [5.74, 6) is -0.603. The molecule has 0 aliphatic heterocycles. The van der Waals surface area contributed by atoms with Crippen molar-refractivity contribution in [2.75, 3.05) is 7.11 Å². The van der Waals surface area contributed by atoms with Crippen LogP contribution in [0, 0.1) is 0 Å². The Bertz CT molecular complexity index is 959. The van der Waals surface area contributed by atoms with Crippen LogP contribution < -0.4 is 0 Å². The SMILES string of the molecule is COC(=O)c1cccc2c1ccn2S(=O)(=O)Cc1ccccc1. The number of methoxy groups -OCH3 is 1. The van der Waals surface area contributed by atoms with Crippen LogP contribution in [0.5, 0.6) is 0 Å². The quantitative estimate of drug-likeness (QED) is 0.690. The van der Waals surface area contributed by atoms with Gasteiger partial charge in [0.15, 0.2) is 0 Å². The fourth-order valence-corrected chi connectivity index (χ4v) is 3.99. The highest BCUT2D eigenvalue weighted by molar-refractivity contribution is 7.89. The van der Waals surface area contributed by atoms with Gasteiger partial charge in [-0.1, -0.05) is 36.4 Å². The normalized spacial score (nSPS) is 11.5. The number of aromatic nitrogens is 1. The van der Waals surface area contributed by atoms with E-state index in [9.17, 15) is 13.2 Å². The first-order chi connectivity index (χ1) is 11.0. The van der Waals surface area contributed by atoms with Crippen molar-refractivity contribution in [1.82, 2.24) is 3.97 Å². The van der Waals surface area contributed by atoms with Gasteiger partial charge in [0.05, 0.1) is 23.9 Å². The number of esters is 1. The van der Waals surface area contributed by atoms with E-state index < -0.39 is 16.0 Å². The first-order valence-electron chi connectivity index (χ1n) is 6.98. The van der Waals surface area contributed by atoms with E-state index in [2.05, 4.69) is 0 Å². The number of ether oxygens (including phenoxy) is 1. The second kappa shape index (κ2) is 5.89. The van der Waals surface area contributed by atoms with Crippen molar-refractivity contribution in [3.8, 4) is 0 Å². The van der Waals surface area contributed by atoms with Gasteiger partial charge in [0.25, 0.3) is 0 Å². The Morgan fingerprint density at radius 1 is 1.04 bits per heavy atom. The Morgan fingerprint density at radius 3 is 2.48 bits per heavy atom. The van der Waals surface area contributed by atoms with Gasteiger partial charge in [-0.2, -0.15) is 0 Å². The molecule has 0 saturated heterocycles. The van der Waals surface area contributed by atoms with Gasteiger partial charge >= 0.3 is 5.97 Å². The molecule has 3 aromatic rings. The molecule has 0 bridgehead atoms. The molecule has 23 heavy (non-hydrogen) atoms. The van der Waals surface area contributed by atoms with E-state index >= 15 is 0 Å². The molecule has 118 valence electrons. The molecule has 0 fully saturated rings. The molecule has 6 heteroatoms. The van der Waals surface area contributed by atoms with Crippen LogP contribution in [0.2, 0.25) is 0 Å². The molecule has 0 unspecified atom stereocenters. The predicted molar refractivity (Wildman–Crippen MR) is 87.7 cm³/mol. The number of carbonyl (C=O) groups excluding carboxylic acids is 1. The lowest BCUT2D eigenvalue weighted by Gasteiger charge is -2.08. The van der Waals surface area contributed by atoms with Gasteiger partial charge < -0.3 is 4.74 Å². The molecule has 1 aromatic heterocycles. The van der Waals surface area contributed by atoms with Crippen LogP contribution in [-0.2, 0) is 20.5 Å². The Labute approximate surface area is 134 Å². The van der Waals surface area contributed by atoms with Crippen LogP contribution in [0.4, 0.5) is 0 Å². The minimum absolute atomic E-state index is 0.111. The lowest BCUT2D eigenvalue weighted by atomic mass is 10.1. The summed E-state index contributed by atoms with van der Waals surface area (Å²) < 4.78 is 31.3. The second-order valence-electron chi connectivity index (χ2n) is 5.08. The lowest BCUT2D eigenvalue weighted by molar-refractivity contribution is 0.0603. The summed E-state index contributed by atoms with van der Waals surface area (Å²) in [6.45, 7) is 0. The number of rotatable bonds is 4. The van der Waals surface area contributed by atoms with E-state index in [-0.39, 0.29) is 5.75 Å². The minimum Gasteiger partial charge on any atom is -0.465 e. The molecule has 0 radical (unpaired) electrons. The van der Waals surface area contributed by atoms with Crippen LogP contribution in [0.15, 0.2) is 60.8 Å². The van der Waals surface area contributed by atoms with E-state index in [0.717, 1.165) is 0 Å². The summed E-state index contributed by atoms with van der Waals surface area (Å²) in [6.07, 6.45) is 1.47. The van der Waals surface area contributed by atoms with Gasteiger partial charge in [0, 0.05) is 11.6 Å². The van der Waals surface area contributed by atoms with Crippen molar-refractivity contribution < 1.29 is 17.9 Å². The Morgan fingerprint density at radius 2 is 1.78 bits per heavy atom. The smallest absolute Gasteiger partial charge is 0.338 e. The maximum Gasteiger partial charge on any atom is 0.338 e. The number of fused-ring (bicyclic) bond motifs is 1. The lowest BCUT2D eigenvalue weighted by Crippen LogP contribution is -2.14. The Balaban J connectivity index is 2.08. The summed E-state index contributed by atoms with van der Waals surface area (Å²) in [6, 6.07) is 15.5. The maximum absolute atomic E-state index is 12.7. The van der Waals surface area contributed by atoms with Gasteiger partial charge in [-0.05, 0) is 23.8 Å². The molecule has 0 amide bonds. The van der Waals surface area contributed by atoms with Crippen LogP contribution in [0.25, 0.3) is 10.9 Å². The molecular formula is C17H15NO4S. The van der Waals surface area contributed by atoms with E-state index in [0.29, 0.717) is 22.0 Å². The molecule has 0 N–H and O–H groups in total. The summed E-state index contributed by atoms with van der Waals surface area (Å²) >= 11 is 0. The Hall–Kier alpha value is -2.60. The number of nitrogens with zero attached hydrogens (tertiary/aromatic N) is 1. The Kier molecular flexibility index (Phi) is 3.92. The van der Waals surface area contributed by atoms with E-state index in [1.54, 1.807) is 48.5 Å². The first-order valence-corrected chi connectivity index (χ1v) is 8.59. The topological polar surface area (TPSA) is 65.4 Å². The highest BCUT2D eigenvalue weighted by atomic mass is 32.2. The second-order valence-corrected chi connectivity index (χ2v) is 6.93. The minimum atomic E-state index is -3.58.